The Labute approximate surface area is 229 Å². The molecule has 0 aromatic heterocycles. The van der Waals surface area contributed by atoms with Crippen molar-refractivity contribution in [2.24, 2.45) is 0 Å². The van der Waals surface area contributed by atoms with Crippen molar-refractivity contribution in [1.82, 2.24) is 10.2 Å². The van der Waals surface area contributed by atoms with E-state index in [-0.39, 0.29) is 41.6 Å². The summed E-state index contributed by atoms with van der Waals surface area (Å²) in [5, 5.41) is 3.18. The summed E-state index contributed by atoms with van der Waals surface area (Å²) in [6.45, 7) is 5.36. The Morgan fingerprint density at radius 1 is 0.868 bits per heavy atom. The summed E-state index contributed by atoms with van der Waals surface area (Å²) in [7, 11) is 1.69. The zero-order chi connectivity index (χ0) is 25.9. The molecule has 1 saturated heterocycles. The standard InChI is InChI=1S/C30H31N3O4.ClH/c1-3-8-27(33-17-15-32(16-18-33)25-11-6-7-12-26(25)37-2)31-30(36)20-13-14-23-24(19-20)29(35)22-10-5-4-9-21(22)28(23)34;/h4-7,9-14,19,27H,3,8,15-18H2,1-2H3,(H,31,36);1H. The summed E-state index contributed by atoms with van der Waals surface area (Å²) in [6, 6.07) is 19.6. The number of para-hydroxylation sites is 2. The van der Waals surface area contributed by atoms with Crippen LogP contribution in [0.4, 0.5) is 5.69 Å². The molecule has 1 aliphatic heterocycles. The van der Waals surface area contributed by atoms with Crippen LogP contribution in [0.3, 0.4) is 0 Å². The third-order valence-corrected chi connectivity index (χ3v) is 7.23. The topological polar surface area (TPSA) is 79.0 Å². The molecule has 1 heterocycles. The number of carbonyl (C=O) groups excluding carboxylic acids is 3. The summed E-state index contributed by atoms with van der Waals surface area (Å²) in [4.78, 5) is 43.9. The third-order valence-electron chi connectivity index (χ3n) is 7.23. The van der Waals surface area contributed by atoms with Gasteiger partial charge in [-0.1, -0.05) is 49.7 Å². The van der Waals surface area contributed by atoms with Gasteiger partial charge in [-0.05, 0) is 36.8 Å². The quantitative estimate of drug-likeness (QED) is 0.375. The Bertz CT molecular complexity index is 1350. The fourth-order valence-electron chi connectivity index (χ4n) is 5.26. The fourth-order valence-corrected chi connectivity index (χ4v) is 5.26. The lowest BCUT2D eigenvalue weighted by atomic mass is 9.83. The van der Waals surface area contributed by atoms with Crippen molar-refractivity contribution >= 4 is 35.6 Å². The number of carbonyl (C=O) groups is 3. The van der Waals surface area contributed by atoms with Crippen molar-refractivity contribution in [2.75, 3.05) is 38.2 Å². The molecule has 3 aromatic carbocycles. The van der Waals surface area contributed by atoms with Crippen LogP contribution < -0.4 is 15.0 Å². The number of ether oxygens (including phenoxy) is 1. The summed E-state index contributed by atoms with van der Waals surface area (Å²) >= 11 is 0. The normalized spacial score (nSPS) is 15.7. The van der Waals surface area contributed by atoms with Crippen LogP contribution in [0.1, 0.15) is 62.0 Å². The van der Waals surface area contributed by atoms with Crippen molar-refractivity contribution in [1.29, 1.82) is 0 Å². The maximum Gasteiger partial charge on any atom is 0.252 e. The SMILES string of the molecule is CCCC(NC(=O)c1ccc2c(c1)C(=O)c1ccccc1C2=O)N1CCN(c2ccccc2OC)CC1.Cl. The highest BCUT2D eigenvalue weighted by molar-refractivity contribution is 6.28. The molecule has 5 rings (SSSR count). The summed E-state index contributed by atoms with van der Waals surface area (Å²) in [5.41, 5.74) is 2.89. The molecule has 1 N–H and O–H groups in total. The van der Waals surface area contributed by atoms with E-state index in [4.69, 9.17) is 4.74 Å². The van der Waals surface area contributed by atoms with Crippen LogP contribution >= 0.6 is 12.4 Å². The van der Waals surface area contributed by atoms with Gasteiger partial charge in [0, 0.05) is 54.0 Å². The molecule has 1 atom stereocenters. The monoisotopic (exact) mass is 533 g/mol. The molecule has 0 spiro atoms. The van der Waals surface area contributed by atoms with Crippen LogP contribution in [0.15, 0.2) is 66.7 Å². The average Bonchev–Trinajstić information content (AvgIpc) is 2.95. The van der Waals surface area contributed by atoms with E-state index in [0.29, 0.717) is 22.3 Å². The molecule has 2 aliphatic rings. The zero-order valence-electron chi connectivity index (χ0n) is 21.6. The maximum absolute atomic E-state index is 13.3. The number of anilines is 1. The second-order valence-electron chi connectivity index (χ2n) is 9.44. The van der Waals surface area contributed by atoms with Gasteiger partial charge in [0.25, 0.3) is 5.91 Å². The van der Waals surface area contributed by atoms with Crippen LogP contribution in [-0.4, -0.2) is 61.8 Å². The summed E-state index contributed by atoms with van der Waals surface area (Å²) < 4.78 is 5.53. The number of ketones is 2. The van der Waals surface area contributed by atoms with E-state index >= 15 is 0 Å². The van der Waals surface area contributed by atoms with Gasteiger partial charge in [-0.25, -0.2) is 0 Å². The number of nitrogens with zero attached hydrogens (tertiary/aromatic N) is 2. The minimum atomic E-state index is -0.243. The number of hydrogen-bond donors (Lipinski definition) is 1. The van der Waals surface area contributed by atoms with Crippen molar-refractivity contribution in [3.8, 4) is 5.75 Å². The summed E-state index contributed by atoms with van der Waals surface area (Å²) in [5.74, 6) is 0.205. The Morgan fingerprint density at radius 2 is 1.47 bits per heavy atom. The molecule has 0 bridgehead atoms. The predicted octanol–water partition coefficient (Wildman–Crippen LogP) is 4.57. The molecule has 1 unspecified atom stereocenters. The maximum atomic E-state index is 13.3. The number of methoxy groups -OCH3 is 1. The molecule has 1 fully saturated rings. The number of amides is 1. The van der Waals surface area contributed by atoms with Crippen molar-refractivity contribution in [3.63, 3.8) is 0 Å². The first-order valence-electron chi connectivity index (χ1n) is 12.8. The van der Waals surface area contributed by atoms with Gasteiger partial charge in [-0.3, -0.25) is 19.3 Å². The van der Waals surface area contributed by atoms with E-state index in [2.05, 4.69) is 28.1 Å². The Morgan fingerprint density at radius 3 is 2.13 bits per heavy atom. The molecule has 1 amide bonds. The third kappa shape index (κ3) is 5.17. The molecule has 1 aliphatic carbocycles. The number of rotatable bonds is 7. The van der Waals surface area contributed by atoms with E-state index in [0.717, 1.165) is 50.5 Å². The lowest BCUT2D eigenvalue weighted by molar-refractivity contribution is 0.0823. The van der Waals surface area contributed by atoms with Gasteiger partial charge in [0.15, 0.2) is 11.6 Å². The molecule has 0 saturated carbocycles. The lowest BCUT2D eigenvalue weighted by Crippen LogP contribution is -2.56. The minimum Gasteiger partial charge on any atom is -0.495 e. The number of fused-ring (bicyclic) bond motifs is 2. The molecule has 3 aromatic rings. The van der Waals surface area contributed by atoms with Gasteiger partial charge < -0.3 is 15.0 Å². The number of benzene rings is 3. The largest absolute Gasteiger partial charge is 0.495 e. The van der Waals surface area contributed by atoms with Crippen LogP contribution in [0.25, 0.3) is 0 Å². The van der Waals surface area contributed by atoms with Crippen LogP contribution in [0, 0.1) is 0 Å². The molecular formula is C30H32ClN3O4. The van der Waals surface area contributed by atoms with Gasteiger partial charge in [0.05, 0.1) is 19.0 Å². The number of hydrogen-bond acceptors (Lipinski definition) is 6. The first-order valence-corrected chi connectivity index (χ1v) is 12.8. The molecule has 7 nitrogen and oxygen atoms in total. The molecule has 0 radical (unpaired) electrons. The van der Waals surface area contributed by atoms with E-state index in [9.17, 15) is 14.4 Å². The Hall–Kier alpha value is -3.68. The highest BCUT2D eigenvalue weighted by Crippen LogP contribution is 2.30. The number of halogens is 1. The highest BCUT2D eigenvalue weighted by atomic mass is 35.5. The van der Waals surface area contributed by atoms with E-state index in [1.54, 1.807) is 49.6 Å². The fraction of sp³-hybridized carbons (Fsp3) is 0.300. The van der Waals surface area contributed by atoms with Crippen molar-refractivity contribution in [2.45, 2.75) is 25.9 Å². The van der Waals surface area contributed by atoms with Gasteiger partial charge in [-0.15, -0.1) is 12.4 Å². The molecule has 198 valence electrons. The zero-order valence-corrected chi connectivity index (χ0v) is 22.4. The second kappa shape index (κ2) is 11.8. The van der Waals surface area contributed by atoms with Crippen LogP contribution in [0.5, 0.6) is 5.75 Å². The number of piperazine rings is 1. The first kappa shape index (κ1) is 27.4. The Kier molecular flexibility index (Phi) is 8.49. The minimum absolute atomic E-state index is 0. The van der Waals surface area contributed by atoms with Gasteiger partial charge in [0.1, 0.15) is 5.75 Å². The van der Waals surface area contributed by atoms with Crippen LogP contribution in [-0.2, 0) is 0 Å². The Balaban J connectivity index is 0.00000336. The van der Waals surface area contributed by atoms with Crippen LogP contribution in [0.2, 0.25) is 0 Å². The van der Waals surface area contributed by atoms with Gasteiger partial charge in [-0.2, -0.15) is 0 Å². The first-order chi connectivity index (χ1) is 18.0. The smallest absolute Gasteiger partial charge is 0.252 e. The average molecular weight is 534 g/mol. The van der Waals surface area contributed by atoms with Gasteiger partial charge in [0.2, 0.25) is 0 Å². The molecule has 8 heteroatoms. The molecular weight excluding hydrogens is 502 g/mol. The van der Waals surface area contributed by atoms with E-state index < -0.39 is 0 Å². The predicted molar refractivity (Wildman–Crippen MR) is 150 cm³/mol. The van der Waals surface area contributed by atoms with E-state index in [1.165, 1.54) is 0 Å². The number of nitrogens with one attached hydrogen (secondary N) is 1. The van der Waals surface area contributed by atoms with Crippen molar-refractivity contribution < 1.29 is 19.1 Å². The highest BCUT2D eigenvalue weighted by Gasteiger charge is 2.31. The van der Waals surface area contributed by atoms with E-state index in [1.807, 2.05) is 18.2 Å². The van der Waals surface area contributed by atoms with Crippen molar-refractivity contribution in [3.05, 3.63) is 94.5 Å². The van der Waals surface area contributed by atoms with Gasteiger partial charge >= 0.3 is 0 Å². The molecule has 38 heavy (non-hydrogen) atoms. The summed E-state index contributed by atoms with van der Waals surface area (Å²) in [6.07, 6.45) is 1.62. The lowest BCUT2D eigenvalue weighted by Gasteiger charge is -2.40. The second-order valence-corrected chi connectivity index (χ2v) is 9.44.